The molecule has 3 aromatic carbocycles. The summed E-state index contributed by atoms with van der Waals surface area (Å²) in [7, 11) is -2.79. The number of benzene rings is 3. The molecule has 0 aromatic heterocycles. The fourth-order valence-electron chi connectivity index (χ4n) is 4.35. The molecule has 1 N–H and O–H groups in total. The van der Waals surface area contributed by atoms with E-state index >= 15 is 0 Å². The number of halogens is 1. The van der Waals surface area contributed by atoms with E-state index in [1.165, 1.54) is 48.4 Å². The van der Waals surface area contributed by atoms with Crippen molar-refractivity contribution in [3.05, 3.63) is 90.2 Å². The molecule has 0 saturated carbocycles. The first-order valence-corrected chi connectivity index (χ1v) is 15.1. The van der Waals surface area contributed by atoms with Crippen molar-refractivity contribution in [2.24, 2.45) is 0 Å². The molecule has 0 bridgehead atoms. The first-order valence-electron chi connectivity index (χ1n) is 13.7. The van der Waals surface area contributed by atoms with Gasteiger partial charge in [-0.1, -0.05) is 44.2 Å². The fraction of sp³-hybridized carbons (Fsp3) is 0.355. The minimum Gasteiger partial charge on any atom is -0.497 e. The predicted molar refractivity (Wildman–Crippen MR) is 158 cm³/mol. The van der Waals surface area contributed by atoms with Crippen molar-refractivity contribution in [3.8, 4) is 5.75 Å². The number of nitrogens with one attached hydrogen (secondary N) is 1. The summed E-state index contributed by atoms with van der Waals surface area (Å²) in [5.74, 6) is -0.916. The summed E-state index contributed by atoms with van der Waals surface area (Å²) in [4.78, 5) is 28.7. The van der Waals surface area contributed by atoms with Crippen LogP contribution in [0.3, 0.4) is 0 Å². The van der Waals surface area contributed by atoms with Gasteiger partial charge in [0.05, 0.1) is 17.7 Å². The number of anilines is 1. The number of methoxy groups -OCH3 is 1. The Bertz CT molecular complexity index is 1380. The van der Waals surface area contributed by atoms with Crippen LogP contribution >= 0.6 is 0 Å². The Morgan fingerprint density at radius 3 is 2.12 bits per heavy atom. The molecule has 0 radical (unpaired) electrons. The van der Waals surface area contributed by atoms with Gasteiger partial charge in [0.2, 0.25) is 11.8 Å². The highest BCUT2D eigenvalue weighted by molar-refractivity contribution is 7.92. The van der Waals surface area contributed by atoms with Gasteiger partial charge in [0.15, 0.2) is 0 Å². The number of nitrogens with zero attached hydrogens (tertiary/aromatic N) is 2. The smallest absolute Gasteiger partial charge is 0.264 e. The Kier molecular flexibility index (Phi) is 11.3. The monoisotopic (exact) mass is 583 g/mol. The summed E-state index contributed by atoms with van der Waals surface area (Å²) in [6.07, 6.45) is 1.53. The molecule has 2 amide bonds. The molecule has 220 valence electrons. The average Bonchev–Trinajstić information content (AvgIpc) is 2.98. The molecule has 0 heterocycles. The van der Waals surface area contributed by atoms with Crippen molar-refractivity contribution < 1.29 is 27.1 Å². The van der Waals surface area contributed by atoms with E-state index in [0.717, 1.165) is 28.4 Å². The second kappa shape index (κ2) is 14.6. The molecule has 41 heavy (non-hydrogen) atoms. The maximum absolute atomic E-state index is 14.0. The van der Waals surface area contributed by atoms with Gasteiger partial charge in [-0.3, -0.25) is 13.9 Å². The van der Waals surface area contributed by atoms with Gasteiger partial charge in [0, 0.05) is 12.6 Å². The van der Waals surface area contributed by atoms with Crippen molar-refractivity contribution >= 4 is 27.5 Å². The topological polar surface area (TPSA) is 96.0 Å². The summed E-state index contributed by atoms with van der Waals surface area (Å²) >= 11 is 0. The summed E-state index contributed by atoms with van der Waals surface area (Å²) < 4.78 is 47.6. The first kappa shape index (κ1) is 31.6. The van der Waals surface area contributed by atoms with Crippen LogP contribution in [0.25, 0.3) is 0 Å². The predicted octanol–water partition coefficient (Wildman–Crippen LogP) is 4.79. The van der Waals surface area contributed by atoms with E-state index in [9.17, 15) is 22.4 Å². The fourth-order valence-corrected chi connectivity index (χ4v) is 5.76. The normalized spacial score (nSPS) is 12.7. The Labute approximate surface area is 242 Å². The molecule has 0 aliphatic rings. The largest absolute Gasteiger partial charge is 0.497 e. The average molecular weight is 584 g/mol. The van der Waals surface area contributed by atoms with Crippen LogP contribution in [0.4, 0.5) is 10.1 Å². The number of carbonyl (C=O) groups excluding carboxylic acids is 2. The van der Waals surface area contributed by atoms with Crippen molar-refractivity contribution in [2.45, 2.75) is 57.0 Å². The minimum atomic E-state index is -4.26. The summed E-state index contributed by atoms with van der Waals surface area (Å²) in [5, 5.41) is 2.95. The zero-order chi connectivity index (χ0) is 30.0. The van der Waals surface area contributed by atoms with Crippen LogP contribution in [0.2, 0.25) is 0 Å². The number of ether oxygens (including phenoxy) is 1. The first-order chi connectivity index (χ1) is 19.6. The highest BCUT2D eigenvalue weighted by Gasteiger charge is 2.33. The standard InChI is InChI=1S/C31H38FN3O5S/c1-5-23(3)33-31(37)29(6-2)34(21-20-24-10-8-7-9-11-24)30(36)22-35(26-14-12-25(32)13-15-26)41(38,39)28-18-16-27(40-4)17-19-28/h7-19,23,29H,5-6,20-22H2,1-4H3,(H,33,37)/t23-,29+/m0/s1. The lowest BCUT2D eigenvalue weighted by Gasteiger charge is -2.33. The number of rotatable bonds is 14. The third-order valence-electron chi connectivity index (χ3n) is 6.91. The number of hydrogen-bond acceptors (Lipinski definition) is 5. The van der Waals surface area contributed by atoms with Gasteiger partial charge >= 0.3 is 0 Å². The van der Waals surface area contributed by atoms with E-state index in [0.29, 0.717) is 18.6 Å². The molecular weight excluding hydrogens is 545 g/mol. The van der Waals surface area contributed by atoms with Gasteiger partial charge in [0.1, 0.15) is 24.2 Å². The van der Waals surface area contributed by atoms with Crippen LogP contribution in [0.1, 0.15) is 39.2 Å². The maximum Gasteiger partial charge on any atom is 0.264 e. The molecule has 10 heteroatoms. The lowest BCUT2D eigenvalue weighted by atomic mass is 10.1. The Hall–Kier alpha value is -3.92. The Balaban J connectivity index is 2.00. The molecule has 0 aliphatic carbocycles. The molecule has 0 spiro atoms. The number of sulfonamides is 1. The number of hydrogen-bond donors (Lipinski definition) is 1. The van der Waals surface area contributed by atoms with E-state index in [1.807, 2.05) is 51.1 Å². The summed E-state index contributed by atoms with van der Waals surface area (Å²) in [6, 6.07) is 19.3. The quantitative estimate of drug-likeness (QED) is 0.294. The van der Waals surface area contributed by atoms with Gasteiger partial charge < -0.3 is 15.0 Å². The van der Waals surface area contributed by atoms with E-state index < -0.39 is 34.3 Å². The molecule has 0 fully saturated rings. The van der Waals surface area contributed by atoms with Crippen molar-refractivity contribution in [1.82, 2.24) is 10.2 Å². The van der Waals surface area contributed by atoms with Gasteiger partial charge in [-0.05, 0) is 80.3 Å². The molecule has 8 nitrogen and oxygen atoms in total. The molecule has 0 saturated heterocycles. The Morgan fingerprint density at radius 1 is 0.927 bits per heavy atom. The van der Waals surface area contributed by atoms with Gasteiger partial charge in [-0.15, -0.1) is 0 Å². The van der Waals surface area contributed by atoms with Crippen molar-refractivity contribution in [1.29, 1.82) is 0 Å². The van der Waals surface area contributed by atoms with Gasteiger partial charge in [-0.25, -0.2) is 12.8 Å². The SMILES string of the molecule is CC[C@H](C(=O)N[C@@H](C)CC)N(CCc1ccccc1)C(=O)CN(c1ccc(F)cc1)S(=O)(=O)c1ccc(OC)cc1. The van der Waals surface area contributed by atoms with E-state index in [2.05, 4.69) is 5.32 Å². The highest BCUT2D eigenvalue weighted by Crippen LogP contribution is 2.26. The zero-order valence-corrected chi connectivity index (χ0v) is 24.7. The maximum atomic E-state index is 14.0. The third-order valence-corrected chi connectivity index (χ3v) is 8.70. The molecular formula is C31H38FN3O5S. The van der Waals surface area contributed by atoms with Crippen LogP contribution in [0.15, 0.2) is 83.8 Å². The second-order valence-electron chi connectivity index (χ2n) is 9.73. The second-order valence-corrected chi connectivity index (χ2v) is 11.6. The van der Waals surface area contributed by atoms with Gasteiger partial charge in [-0.2, -0.15) is 0 Å². The third kappa shape index (κ3) is 8.29. The zero-order valence-electron chi connectivity index (χ0n) is 23.9. The van der Waals surface area contributed by atoms with Crippen LogP contribution in [0.5, 0.6) is 5.75 Å². The summed E-state index contributed by atoms with van der Waals surface area (Å²) in [5.41, 5.74) is 1.10. The number of amides is 2. The number of carbonyl (C=O) groups is 2. The van der Waals surface area contributed by atoms with Crippen LogP contribution in [-0.4, -0.2) is 57.4 Å². The van der Waals surface area contributed by atoms with E-state index in [1.54, 1.807) is 0 Å². The van der Waals surface area contributed by atoms with Crippen LogP contribution < -0.4 is 14.4 Å². The summed E-state index contributed by atoms with van der Waals surface area (Å²) in [6.45, 7) is 5.28. The van der Waals surface area contributed by atoms with Crippen LogP contribution in [0, 0.1) is 5.82 Å². The molecule has 2 atom stereocenters. The van der Waals surface area contributed by atoms with Crippen LogP contribution in [-0.2, 0) is 26.0 Å². The minimum absolute atomic E-state index is 0.0622. The van der Waals surface area contributed by atoms with Crippen molar-refractivity contribution in [2.75, 3.05) is 24.5 Å². The molecule has 3 rings (SSSR count). The van der Waals surface area contributed by atoms with Crippen molar-refractivity contribution in [3.63, 3.8) is 0 Å². The molecule has 3 aromatic rings. The lowest BCUT2D eigenvalue weighted by molar-refractivity contribution is -0.139. The molecule has 0 aliphatic heterocycles. The van der Waals surface area contributed by atoms with Gasteiger partial charge in [0.25, 0.3) is 10.0 Å². The lowest BCUT2D eigenvalue weighted by Crippen LogP contribution is -2.54. The Morgan fingerprint density at radius 2 is 1.56 bits per heavy atom. The highest BCUT2D eigenvalue weighted by atomic mass is 32.2. The van der Waals surface area contributed by atoms with E-state index in [-0.39, 0.29) is 29.1 Å². The van der Waals surface area contributed by atoms with E-state index in [4.69, 9.17) is 4.74 Å². The molecule has 0 unspecified atom stereocenters.